The van der Waals surface area contributed by atoms with Gasteiger partial charge in [0, 0.05) is 31.2 Å². The molecule has 1 amide bonds. The van der Waals surface area contributed by atoms with Gasteiger partial charge < -0.3 is 15.5 Å². The molecular formula is C19H33Cl2N3O. The Bertz CT molecular complexity index is 489. The zero-order valence-electron chi connectivity index (χ0n) is 15.4. The van der Waals surface area contributed by atoms with Crippen LogP contribution in [0.15, 0.2) is 24.3 Å². The quantitative estimate of drug-likeness (QED) is 0.552. The first-order valence-electron chi connectivity index (χ1n) is 8.90. The van der Waals surface area contributed by atoms with Crippen molar-refractivity contribution in [3.63, 3.8) is 0 Å². The molecular weight excluding hydrogens is 357 g/mol. The molecule has 0 saturated heterocycles. The van der Waals surface area contributed by atoms with Crippen LogP contribution in [0.3, 0.4) is 0 Å². The normalized spacial score (nSPS) is 15.0. The van der Waals surface area contributed by atoms with Gasteiger partial charge in [0.1, 0.15) is 0 Å². The molecule has 1 aromatic rings. The topological polar surface area (TPSA) is 44.4 Å². The van der Waals surface area contributed by atoms with Crippen molar-refractivity contribution in [2.75, 3.05) is 27.2 Å². The van der Waals surface area contributed by atoms with Gasteiger partial charge in [-0.1, -0.05) is 37.8 Å². The van der Waals surface area contributed by atoms with Crippen LogP contribution in [0.1, 0.15) is 54.4 Å². The molecule has 0 spiro atoms. The first kappa shape index (κ1) is 24.2. The number of hydrogen-bond acceptors (Lipinski definition) is 3. The summed E-state index contributed by atoms with van der Waals surface area (Å²) in [5.74, 6) is 0.0215. The average Bonchev–Trinajstić information content (AvgIpc) is 2.79. The van der Waals surface area contributed by atoms with Crippen LogP contribution in [-0.2, 0) is 6.54 Å². The fourth-order valence-corrected chi connectivity index (χ4v) is 3.21. The number of benzene rings is 1. The molecule has 0 aliphatic heterocycles. The van der Waals surface area contributed by atoms with Crippen LogP contribution < -0.4 is 10.6 Å². The van der Waals surface area contributed by atoms with E-state index in [0.717, 1.165) is 18.7 Å². The molecule has 0 radical (unpaired) electrons. The number of rotatable bonds is 7. The SMILES string of the molecule is CN(C)Cc1cccc(C(=O)NCCNC2CCCCCC2)c1.Cl.Cl. The molecule has 0 aromatic heterocycles. The second-order valence-corrected chi connectivity index (χ2v) is 6.84. The number of nitrogens with one attached hydrogen (secondary N) is 2. The maximum atomic E-state index is 12.2. The lowest BCUT2D eigenvalue weighted by Gasteiger charge is -2.16. The van der Waals surface area contributed by atoms with Gasteiger partial charge in [0.2, 0.25) is 0 Å². The molecule has 2 N–H and O–H groups in total. The molecule has 1 aliphatic rings. The van der Waals surface area contributed by atoms with E-state index in [1.165, 1.54) is 44.1 Å². The summed E-state index contributed by atoms with van der Waals surface area (Å²) in [5.41, 5.74) is 1.91. The molecule has 2 rings (SSSR count). The third-order valence-corrected chi connectivity index (χ3v) is 4.39. The van der Waals surface area contributed by atoms with Gasteiger partial charge in [0.15, 0.2) is 0 Å². The van der Waals surface area contributed by atoms with Crippen LogP contribution in [0.25, 0.3) is 0 Å². The van der Waals surface area contributed by atoms with Crippen molar-refractivity contribution in [3.8, 4) is 0 Å². The van der Waals surface area contributed by atoms with E-state index in [9.17, 15) is 4.79 Å². The van der Waals surface area contributed by atoms with Crippen LogP contribution >= 0.6 is 24.8 Å². The smallest absolute Gasteiger partial charge is 0.251 e. The van der Waals surface area contributed by atoms with E-state index in [1.807, 2.05) is 32.3 Å². The van der Waals surface area contributed by atoms with E-state index in [4.69, 9.17) is 0 Å². The predicted octanol–water partition coefficient (Wildman–Crippen LogP) is 3.63. The second-order valence-electron chi connectivity index (χ2n) is 6.84. The minimum Gasteiger partial charge on any atom is -0.351 e. The minimum absolute atomic E-state index is 0. The van der Waals surface area contributed by atoms with Crippen LogP contribution in [0.2, 0.25) is 0 Å². The number of carbonyl (C=O) groups excluding carboxylic acids is 1. The summed E-state index contributed by atoms with van der Waals surface area (Å²) in [6, 6.07) is 8.52. The zero-order valence-corrected chi connectivity index (χ0v) is 17.1. The van der Waals surface area contributed by atoms with Crippen molar-refractivity contribution in [2.45, 2.75) is 51.1 Å². The lowest BCUT2D eigenvalue weighted by Crippen LogP contribution is -2.36. The fourth-order valence-electron chi connectivity index (χ4n) is 3.21. The standard InChI is InChI=1S/C19H31N3O.2ClH/c1-22(2)15-16-8-7-9-17(14-16)19(23)21-13-12-20-18-10-5-3-4-6-11-18;;/h7-9,14,18,20H,3-6,10-13,15H2,1-2H3,(H,21,23);2*1H. The molecule has 0 unspecified atom stereocenters. The van der Waals surface area contributed by atoms with Crippen LogP contribution in [0, 0.1) is 0 Å². The lowest BCUT2D eigenvalue weighted by molar-refractivity contribution is 0.0953. The van der Waals surface area contributed by atoms with Crippen molar-refractivity contribution >= 4 is 30.7 Å². The number of halogens is 2. The highest BCUT2D eigenvalue weighted by Gasteiger charge is 2.11. The molecule has 0 atom stereocenters. The van der Waals surface area contributed by atoms with E-state index in [0.29, 0.717) is 12.6 Å². The van der Waals surface area contributed by atoms with Gasteiger partial charge >= 0.3 is 0 Å². The predicted molar refractivity (Wildman–Crippen MR) is 110 cm³/mol. The summed E-state index contributed by atoms with van der Waals surface area (Å²) in [4.78, 5) is 14.3. The molecule has 1 fully saturated rings. The Hall–Kier alpha value is -0.810. The summed E-state index contributed by atoms with van der Waals surface area (Å²) in [6.07, 6.45) is 7.98. The Morgan fingerprint density at radius 3 is 2.40 bits per heavy atom. The highest BCUT2D eigenvalue weighted by atomic mass is 35.5. The van der Waals surface area contributed by atoms with Crippen molar-refractivity contribution in [1.29, 1.82) is 0 Å². The minimum atomic E-state index is 0. The Morgan fingerprint density at radius 2 is 1.76 bits per heavy atom. The van der Waals surface area contributed by atoms with Gasteiger partial charge in [-0.3, -0.25) is 4.79 Å². The maximum absolute atomic E-state index is 12.2. The molecule has 25 heavy (non-hydrogen) atoms. The number of nitrogens with zero attached hydrogens (tertiary/aromatic N) is 1. The number of hydrogen-bond donors (Lipinski definition) is 2. The Morgan fingerprint density at radius 1 is 1.08 bits per heavy atom. The second kappa shape index (κ2) is 13.4. The van der Waals surface area contributed by atoms with E-state index in [-0.39, 0.29) is 30.7 Å². The zero-order chi connectivity index (χ0) is 16.5. The molecule has 0 bridgehead atoms. The summed E-state index contributed by atoms with van der Waals surface area (Å²) >= 11 is 0. The first-order chi connectivity index (χ1) is 11.1. The molecule has 4 nitrogen and oxygen atoms in total. The molecule has 1 aliphatic carbocycles. The summed E-state index contributed by atoms with van der Waals surface area (Å²) in [6.45, 7) is 2.39. The Kier molecular flexibility index (Phi) is 13.0. The van der Waals surface area contributed by atoms with E-state index in [2.05, 4.69) is 21.6 Å². The van der Waals surface area contributed by atoms with Gasteiger partial charge in [-0.15, -0.1) is 24.8 Å². The molecule has 0 heterocycles. The third-order valence-electron chi connectivity index (χ3n) is 4.39. The lowest BCUT2D eigenvalue weighted by atomic mass is 10.1. The van der Waals surface area contributed by atoms with Gasteiger partial charge in [0.25, 0.3) is 5.91 Å². The molecule has 144 valence electrons. The van der Waals surface area contributed by atoms with Gasteiger partial charge in [0.05, 0.1) is 0 Å². The molecule has 1 saturated carbocycles. The monoisotopic (exact) mass is 389 g/mol. The van der Waals surface area contributed by atoms with Crippen LogP contribution in [0.4, 0.5) is 0 Å². The van der Waals surface area contributed by atoms with E-state index in [1.54, 1.807) is 0 Å². The van der Waals surface area contributed by atoms with Crippen molar-refractivity contribution in [1.82, 2.24) is 15.5 Å². The fraction of sp³-hybridized carbons (Fsp3) is 0.632. The third kappa shape index (κ3) is 9.45. The Labute approximate surface area is 164 Å². The first-order valence-corrected chi connectivity index (χ1v) is 8.90. The Balaban J connectivity index is 0.00000288. The highest BCUT2D eigenvalue weighted by Crippen LogP contribution is 2.16. The summed E-state index contributed by atoms with van der Waals surface area (Å²) in [5, 5.41) is 6.60. The van der Waals surface area contributed by atoms with Crippen LogP contribution in [0.5, 0.6) is 0 Å². The number of carbonyl (C=O) groups is 1. The van der Waals surface area contributed by atoms with Crippen molar-refractivity contribution in [2.24, 2.45) is 0 Å². The van der Waals surface area contributed by atoms with Gasteiger partial charge in [-0.25, -0.2) is 0 Å². The van der Waals surface area contributed by atoms with Crippen LogP contribution in [-0.4, -0.2) is 44.0 Å². The molecule has 6 heteroatoms. The van der Waals surface area contributed by atoms with Gasteiger partial charge in [-0.2, -0.15) is 0 Å². The highest BCUT2D eigenvalue weighted by molar-refractivity contribution is 5.94. The van der Waals surface area contributed by atoms with E-state index >= 15 is 0 Å². The van der Waals surface area contributed by atoms with Crippen molar-refractivity contribution in [3.05, 3.63) is 35.4 Å². The summed E-state index contributed by atoms with van der Waals surface area (Å²) in [7, 11) is 4.07. The maximum Gasteiger partial charge on any atom is 0.251 e. The average molecular weight is 390 g/mol. The van der Waals surface area contributed by atoms with Gasteiger partial charge in [-0.05, 0) is 44.6 Å². The van der Waals surface area contributed by atoms with Crippen molar-refractivity contribution < 1.29 is 4.79 Å². The summed E-state index contributed by atoms with van der Waals surface area (Å²) < 4.78 is 0. The number of amides is 1. The van der Waals surface area contributed by atoms with E-state index < -0.39 is 0 Å². The largest absolute Gasteiger partial charge is 0.351 e. The molecule has 1 aromatic carbocycles.